The Bertz CT molecular complexity index is 575. The fraction of sp³-hybridized carbons (Fsp3) is 0.250. The van der Waals surface area contributed by atoms with E-state index in [1.807, 2.05) is 18.2 Å². The molecular weight excluding hydrogens is 324 g/mol. The first-order valence-corrected chi connectivity index (χ1v) is 7.31. The number of ether oxygens (including phenoxy) is 1. The van der Waals surface area contributed by atoms with E-state index in [1.165, 1.54) is 11.1 Å². The van der Waals surface area contributed by atoms with Crippen molar-refractivity contribution in [2.45, 2.75) is 19.2 Å². The molecule has 0 fully saturated rings. The van der Waals surface area contributed by atoms with Crippen LogP contribution in [-0.2, 0) is 0 Å². The summed E-state index contributed by atoms with van der Waals surface area (Å²) in [5.74, 6) is 0.811. The third kappa shape index (κ3) is 2.96. The highest BCUT2D eigenvalue weighted by Gasteiger charge is 2.19. The molecule has 1 atom stereocenters. The van der Waals surface area contributed by atoms with E-state index in [0.717, 1.165) is 21.3 Å². The first kappa shape index (κ1) is 14.4. The summed E-state index contributed by atoms with van der Waals surface area (Å²) in [6.45, 7) is 4.17. The first-order valence-electron chi connectivity index (χ1n) is 6.08. The smallest absolute Gasteiger partial charge is 0.123 e. The Labute approximate surface area is 127 Å². The Kier molecular flexibility index (Phi) is 4.54. The molecule has 0 aliphatic rings. The van der Waals surface area contributed by atoms with Gasteiger partial charge in [0.1, 0.15) is 5.75 Å². The molecule has 1 unspecified atom stereocenters. The normalized spacial score (nSPS) is 12.3. The lowest BCUT2D eigenvalue weighted by atomic mass is 9.95. The molecule has 0 radical (unpaired) electrons. The predicted molar refractivity (Wildman–Crippen MR) is 84.3 cm³/mol. The number of methoxy groups -OCH3 is 1. The van der Waals surface area contributed by atoms with Gasteiger partial charge in [0.15, 0.2) is 0 Å². The fourth-order valence-corrected chi connectivity index (χ4v) is 3.18. The molecule has 0 aliphatic heterocycles. The van der Waals surface area contributed by atoms with Gasteiger partial charge in [-0.05, 0) is 48.7 Å². The minimum atomic E-state index is -0.214. The molecule has 100 valence electrons. The lowest BCUT2D eigenvalue weighted by molar-refractivity contribution is 0.410. The standard InChI is InChI=1S/C16H16BrClO/c1-10-5-4-6-11(2)15(10)16(18)13-9-12(17)7-8-14(13)19-3/h4-9,16H,1-3H3. The van der Waals surface area contributed by atoms with Crippen molar-refractivity contribution in [1.29, 1.82) is 0 Å². The summed E-state index contributed by atoms with van der Waals surface area (Å²) in [6, 6.07) is 12.1. The quantitative estimate of drug-likeness (QED) is 0.680. The summed E-state index contributed by atoms with van der Waals surface area (Å²) < 4.78 is 6.42. The lowest BCUT2D eigenvalue weighted by Gasteiger charge is -2.18. The van der Waals surface area contributed by atoms with Crippen LogP contribution in [0.15, 0.2) is 40.9 Å². The maximum Gasteiger partial charge on any atom is 0.123 e. The molecule has 2 aromatic rings. The van der Waals surface area contributed by atoms with Gasteiger partial charge < -0.3 is 4.74 Å². The zero-order chi connectivity index (χ0) is 14.0. The first-order chi connectivity index (χ1) is 9.04. The summed E-state index contributed by atoms with van der Waals surface area (Å²) in [5.41, 5.74) is 4.53. The van der Waals surface area contributed by atoms with Crippen LogP contribution in [-0.4, -0.2) is 7.11 Å². The molecule has 0 aromatic heterocycles. The van der Waals surface area contributed by atoms with Gasteiger partial charge in [-0.2, -0.15) is 0 Å². The third-order valence-electron chi connectivity index (χ3n) is 3.26. The van der Waals surface area contributed by atoms with Gasteiger partial charge in [-0.1, -0.05) is 34.1 Å². The van der Waals surface area contributed by atoms with Crippen LogP contribution >= 0.6 is 27.5 Å². The van der Waals surface area contributed by atoms with Gasteiger partial charge in [-0.3, -0.25) is 0 Å². The van der Waals surface area contributed by atoms with Crippen molar-refractivity contribution in [2.24, 2.45) is 0 Å². The molecule has 0 saturated heterocycles. The monoisotopic (exact) mass is 338 g/mol. The summed E-state index contributed by atoms with van der Waals surface area (Å²) in [4.78, 5) is 0. The minimum absolute atomic E-state index is 0.214. The average Bonchev–Trinajstić information content (AvgIpc) is 2.38. The molecule has 0 spiro atoms. The van der Waals surface area contributed by atoms with E-state index in [-0.39, 0.29) is 5.38 Å². The number of rotatable bonds is 3. The van der Waals surface area contributed by atoms with Crippen molar-refractivity contribution < 1.29 is 4.74 Å². The SMILES string of the molecule is COc1ccc(Br)cc1C(Cl)c1c(C)cccc1C. The minimum Gasteiger partial charge on any atom is -0.496 e. The zero-order valence-electron chi connectivity index (χ0n) is 11.2. The molecule has 1 nitrogen and oxygen atoms in total. The van der Waals surface area contributed by atoms with Crippen LogP contribution in [0, 0.1) is 13.8 Å². The molecule has 19 heavy (non-hydrogen) atoms. The van der Waals surface area contributed by atoms with Crippen LogP contribution in [0.5, 0.6) is 5.75 Å². The molecule has 3 heteroatoms. The maximum atomic E-state index is 6.70. The molecule has 0 N–H and O–H groups in total. The van der Waals surface area contributed by atoms with Crippen molar-refractivity contribution in [2.75, 3.05) is 7.11 Å². The molecule has 0 bridgehead atoms. The molecule has 0 amide bonds. The van der Waals surface area contributed by atoms with Crippen LogP contribution in [0.2, 0.25) is 0 Å². The summed E-state index contributed by atoms with van der Waals surface area (Å²) in [6.07, 6.45) is 0. The van der Waals surface area contributed by atoms with Gasteiger partial charge in [-0.15, -0.1) is 11.6 Å². The summed E-state index contributed by atoms with van der Waals surface area (Å²) >= 11 is 10.2. The molecular formula is C16H16BrClO. The third-order valence-corrected chi connectivity index (χ3v) is 4.21. The molecule has 2 aromatic carbocycles. The molecule has 2 rings (SSSR count). The van der Waals surface area contributed by atoms with Gasteiger partial charge in [-0.25, -0.2) is 0 Å². The van der Waals surface area contributed by atoms with Gasteiger partial charge in [0.25, 0.3) is 0 Å². The van der Waals surface area contributed by atoms with Crippen molar-refractivity contribution >= 4 is 27.5 Å². The van der Waals surface area contributed by atoms with Gasteiger partial charge in [0.2, 0.25) is 0 Å². The Balaban J connectivity index is 2.55. The average molecular weight is 340 g/mol. The van der Waals surface area contributed by atoms with E-state index in [2.05, 4.69) is 48.0 Å². The van der Waals surface area contributed by atoms with E-state index in [1.54, 1.807) is 7.11 Å². The highest BCUT2D eigenvalue weighted by molar-refractivity contribution is 9.10. The Morgan fingerprint density at radius 1 is 1.11 bits per heavy atom. The van der Waals surface area contributed by atoms with E-state index < -0.39 is 0 Å². The Morgan fingerprint density at radius 2 is 1.74 bits per heavy atom. The number of aryl methyl sites for hydroxylation is 2. The van der Waals surface area contributed by atoms with Crippen LogP contribution < -0.4 is 4.74 Å². The van der Waals surface area contributed by atoms with Gasteiger partial charge in [0.05, 0.1) is 12.5 Å². The Morgan fingerprint density at radius 3 is 2.32 bits per heavy atom. The van der Waals surface area contributed by atoms with E-state index in [4.69, 9.17) is 16.3 Å². The number of hydrogen-bond acceptors (Lipinski definition) is 1. The second kappa shape index (κ2) is 5.98. The number of alkyl halides is 1. The van der Waals surface area contributed by atoms with E-state index >= 15 is 0 Å². The fourth-order valence-electron chi connectivity index (χ4n) is 2.29. The van der Waals surface area contributed by atoms with Crippen LogP contribution in [0.1, 0.15) is 27.6 Å². The van der Waals surface area contributed by atoms with E-state index in [0.29, 0.717) is 0 Å². The highest BCUT2D eigenvalue weighted by atomic mass is 79.9. The molecule has 0 saturated carbocycles. The number of hydrogen-bond donors (Lipinski definition) is 0. The van der Waals surface area contributed by atoms with Crippen molar-refractivity contribution in [3.63, 3.8) is 0 Å². The second-order valence-corrected chi connectivity index (χ2v) is 5.91. The summed E-state index contributed by atoms with van der Waals surface area (Å²) in [7, 11) is 1.67. The van der Waals surface area contributed by atoms with Crippen molar-refractivity contribution in [3.8, 4) is 5.75 Å². The predicted octanol–water partition coefficient (Wildman–Crippen LogP) is 5.40. The number of halogens is 2. The second-order valence-electron chi connectivity index (χ2n) is 4.55. The zero-order valence-corrected chi connectivity index (χ0v) is 13.5. The lowest BCUT2D eigenvalue weighted by Crippen LogP contribution is -2.02. The highest BCUT2D eigenvalue weighted by Crippen LogP contribution is 2.39. The van der Waals surface area contributed by atoms with Crippen molar-refractivity contribution in [3.05, 3.63) is 63.1 Å². The van der Waals surface area contributed by atoms with Crippen LogP contribution in [0.25, 0.3) is 0 Å². The Hall–Kier alpha value is -0.990. The van der Waals surface area contributed by atoms with Crippen LogP contribution in [0.4, 0.5) is 0 Å². The summed E-state index contributed by atoms with van der Waals surface area (Å²) in [5, 5.41) is -0.214. The largest absolute Gasteiger partial charge is 0.496 e. The number of benzene rings is 2. The maximum absolute atomic E-state index is 6.70. The van der Waals surface area contributed by atoms with Gasteiger partial charge >= 0.3 is 0 Å². The topological polar surface area (TPSA) is 9.23 Å². The van der Waals surface area contributed by atoms with Gasteiger partial charge in [0, 0.05) is 10.0 Å². The van der Waals surface area contributed by atoms with Crippen LogP contribution in [0.3, 0.4) is 0 Å². The molecule has 0 aliphatic carbocycles. The molecule has 0 heterocycles. The van der Waals surface area contributed by atoms with Crippen molar-refractivity contribution in [1.82, 2.24) is 0 Å². The van der Waals surface area contributed by atoms with E-state index in [9.17, 15) is 0 Å².